The summed E-state index contributed by atoms with van der Waals surface area (Å²) in [6.45, 7) is 4.56. The molecule has 0 radical (unpaired) electrons. The molecule has 1 aromatic carbocycles. The number of benzene rings is 1. The normalized spacial score (nSPS) is 32.0. The number of hydrogen-bond donors (Lipinski definition) is 3. The first-order valence-corrected chi connectivity index (χ1v) is 14.6. The molecule has 3 N–H and O–H groups in total. The Balaban J connectivity index is 1.31. The highest BCUT2D eigenvalue weighted by Crippen LogP contribution is 2.43. The Morgan fingerprint density at radius 3 is 2.25 bits per heavy atom. The van der Waals surface area contributed by atoms with Gasteiger partial charge in [0, 0.05) is 18.7 Å². The van der Waals surface area contributed by atoms with Gasteiger partial charge in [0.25, 0.3) is 5.91 Å². The van der Waals surface area contributed by atoms with E-state index in [1.165, 1.54) is 19.6 Å². The molecule has 5 aliphatic carbocycles. The Morgan fingerprint density at radius 2 is 1.68 bits per heavy atom. The molecule has 6 rings (SSSR count). The molecule has 4 atom stereocenters. The fraction of sp³-hybridized carbons (Fsp3) is 0.645. The molecule has 8 nitrogen and oxygen atoms in total. The summed E-state index contributed by atoms with van der Waals surface area (Å²) in [5, 5.41) is 15.8. The molecule has 0 heterocycles. The third-order valence-electron chi connectivity index (χ3n) is 9.94. The van der Waals surface area contributed by atoms with Crippen molar-refractivity contribution in [1.82, 2.24) is 10.6 Å². The summed E-state index contributed by atoms with van der Waals surface area (Å²) in [4.78, 5) is 38.6. The van der Waals surface area contributed by atoms with Gasteiger partial charge in [0.15, 0.2) is 11.6 Å². The predicted molar refractivity (Wildman–Crippen MR) is 147 cm³/mol. The number of halogens is 1. The lowest BCUT2D eigenvalue weighted by atomic mass is 9.65. The quantitative estimate of drug-likeness (QED) is 0.374. The lowest BCUT2D eigenvalue weighted by Crippen LogP contribution is -2.57. The summed E-state index contributed by atoms with van der Waals surface area (Å²) in [5.41, 5.74) is -0.521. The highest BCUT2D eigenvalue weighted by atomic mass is 19.1. The van der Waals surface area contributed by atoms with Crippen molar-refractivity contribution in [2.24, 2.45) is 28.6 Å². The van der Waals surface area contributed by atoms with Crippen molar-refractivity contribution in [3.8, 4) is 11.5 Å². The lowest BCUT2D eigenvalue weighted by molar-refractivity contribution is -0.150. The third kappa shape index (κ3) is 5.56. The van der Waals surface area contributed by atoms with Gasteiger partial charge in [0.05, 0.1) is 30.1 Å². The first-order valence-electron chi connectivity index (χ1n) is 14.6. The van der Waals surface area contributed by atoms with Crippen molar-refractivity contribution in [3.63, 3.8) is 0 Å². The van der Waals surface area contributed by atoms with Crippen LogP contribution < -0.4 is 20.1 Å². The van der Waals surface area contributed by atoms with Gasteiger partial charge in [-0.05, 0) is 81.6 Å². The van der Waals surface area contributed by atoms with E-state index in [0.717, 1.165) is 31.7 Å². The first kappa shape index (κ1) is 28.4. The number of ether oxygens (including phenoxy) is 2. The average Bonchev–Trinajstić information content (AvgIpc) is 2.93. The third-order valence-corrected chi connectivity index (χ3v) is 9.94. The van der Waals surface area contributed by atoms with Gasteiger partial charge in [-0.25, -0.2) is 4.39 Å². The Hall–Kier alpha value is -3.10. The lowest BCUT2D eigenvalue weighted by Gasteiger charge is -2.45. The molecule has 218 valence electrons. The van der Waals surface area contributed by atoms with Crippen LogP contribution in [0.25, 0.3) is 0 Å². The van der Waals surface area contributed by atoms with Gasteiger partial charge in [-0.1, -0.05) is 25.5 Å². The monoisotopic (exact) mass is 556 g/mol. The summed E-state index contributed by atoms with van der Waals surface area (Å²) >= 11 is 0. The number of carboxylic acids is 1. The molecule has 0 unspecified atom stereocenters. The SMILES string of the molecule is COc1cc(F)c(O[C@H]2CC[C@@](C)(C(=O)O)CC2)cc1C(=O)N[C@@H]1[C@H](C(=O)NCC2(C)CCC2)[C@@H]2C=C[C@H]1CC2. The van der Waals surface area contributed by atoms with E-state index in [9.17, 15) is 23.9 Å². The molecule has 9 heteroatoms. The van der Waals surface area contributed by atoms with Gasteiger partial charge >= 0.3 is 5.97 Å². The first-order chi connectivity index (χ1) is 19.0. The molecule has 0 aliphatic heterocycles. The van der Waals surface area contributed by atoms with Gasteiger partial charge in [-0.2, -0.15) is 0 Å². The number of nitrogens with one attached hydrogen (secondary N) is 2. The molecule has 3 fully saturated rings. The number of hydrogen-bond acceptors (Lipinski definition) is 5. The maximum Gasteiger partial charge on any atom is 0.309 e. The number of methoxy groups -OCH3 is 1. The van der Waals surface area contributed by atoms with Crippen LogP contribution in [0.15, 0.2) is 24.3 Å². The highest BCUT2D eigenvalue weighted by molar-refractivity contribution is 5.98. The number of amides is 2. The summed E-state index contributed by atoms with van der Waals surface area (Å²) in [7, 11) is 1.38. The second-order valence-electron chi connectivity index (χ2n) is 12.9. The van der Waals surface area contributed by atoms with Gasteiger partial charge in [0.2, 0.25) is 5.91 Å². The molecule has 0 spiro atoms. The van der Waals surface area contributed by atoms with Crippen LogP contribution in [0.4, 0.5) is 4.39 Å². The Bertz CT molecular complexity index is 1190. The molecular weight excluding hydrogens is 515 g/mol. The van der Waals surface area contributed by atoms with E-state index >= 15 is 0 Å². The van der Waals surface area contributed by atoms with Crippen LogP contribution >= 0.6 is 0 Å². The minimum Gasteiger partial charge on any atom is -0.496 e. The number of aliphatic carboxylic acids is 1. The topological polar surface area (TPSA) is 114 Å². The van der Waals surface area contributed by atoms with Crippen molar-refractivity contribution in [2.75, 3.05) is 13.7 Å². The fourth-order valence-electron chi connectivity index (χ4n) is 6.86. The van der Waals surface area contributed by atoms with Gasteiger partial charge in [0.1, 0.15) is 5.75 Å². The summed E-state index contributed by atoms with van der Waals surface area (Å²) in [6.07, 6.45) is 10.9. The number of carbonyl (C=O) groups is 3. The van der Waals surface area contributed by atoms with E-state index in [2.05, 4.69) is 29.7 Å². The van der Waals surface area contributed by atoms with Crippen LogP contribution in [0.2, 0.25) is 0 Å². The van der Waals surface area contributed by atoms with E-state index in [1.54, 1.807) is 6.92 Å². The number of carboxylic acid groups (broad SMARTS) is 1. The smallest absolute Gasteiger partial charge is 0.309 e. The van der Waals surface area contributed by atoms with E-state index < -0.39 is 23.1 Å². The zero-order valence-corrected chi connectivity index (χ0v) is 23.6. The summed E-state index contributed by atoms with van der Waals surface area (Å²) < 4.78 is 26.3. The van der Waals surface area contributed by atoms with Crippen molar-refractivity contribution in [3.05, 3.63) is 35.7 Å². The molecule has 0 saturated heterocycles. The zero-order chi connectivity index (χ0) is 28.7. The van der Waals surface area contributed by atoms with Gasteiger partial charge in [-0.15, -0.1) is 0 Å². The van der Waals surface area contributed by atoms with Crippen molar-refractivity contribution >= 4 is 17.8 Å². The highest BCUT2D eigenvalue weighted by Gasteiger charge is 2.46. The number of allylic oxidation sites excluding steroid dienone is 1. The maximum absolute atomic E-state index is 15.0. The molecule has 1 aromatic rings. The van der Waals surface area contributed by atoms with Crippen molar-refractivity contribution in [1.29, 1.82) is 0 Å². The fourth-order valence-corrected chi connectivity index (χ4v) is 6.86. The largest absolute Gasteiger partial charge is 0.496 e. The van der Waals surface area contributed by atoms with Crippen LogP contribution in [0, 0.1) is 34.4 Å². The van der Waals surface area contributed by atoms with E-state index in [4.69, 9.17) is 9.47 Å². The van der Waals surface area contributed by atoms with Crippen molar-refractivity contribution in [2.45, 2.75) is 83.8 Å². The van der Waals surface area contributed by atoms with Gasteiger partial charge < -0.3 is 25.2 Å². The number of rotatable bonds is 9. The Kier molecular flexibility index (Phi) is 7.86. The predicted octanol–water partition coefficient (Wildman–Crippen LogP) is 4.86. The molecule has 0 aromatic heterocycles. The van der Waals surface area contributed by atoms with E-state index in [0.29, 0.717) is 32.2 Å². The molecule has 5 aliphatic rings. The van der Waals surface area contributed by atoms with Crippen LogP contribution in [0.3, 0.4) is 0 Å². The van der Waals surface area contributed by atoms with Crippen LogP contribution in [-0.4, -0.2) is 48.7 Å². The maximum atomic E-state index is 15.0. The summed E-state index contributed by atoms with van der Waals surface area (Å²) in [6, 6.07) is 2.12. The molecular formula is C31H41FN2O6. The van der Waals surface area contributed by atoms with Gasteiger partial charge in [-0.3, -0.25) is 14.4 Å². The molecule has 40 heavy (non-hydrogen) atoms. The number of fused-ring (bicyclic) bond motifs is 2. The van der Waals surface area contributed by atoms with Crippen molar-refractivity contribution < 1.29 is 33.4 Å². The average molecular weight is 557 g/mol. The minimum absolute atomic E-state index is 0.0294. The van der Waals surface area contributed by atoms with E-state index in [-0.39, 0.29) is 58.3 Å². The minimum atomic E-state index is -0.837. The second-order valence-corrected chi connectivity index (χ2v) is 12.9. The standard InChI is InChI=1S/C31H41FN2O6/c1-30(11-4-12-30)17-33-28(36)25-18-5-7-19(8-6-18)26(25)34-27(35)21-15-24(22(32)16-23(21)39-3)40-20-9-13-31(2,14-10-20)29(37)38/h5,7,15-16,18-20,25-26H,4,6,8-14,17H2,1-3H3,(H,33,36)(H,34,35)(H,37,38)/t18-,19+,20-,25-,26+,31+/m1/s1. The van der Waals surface area contributed by atoms with Crippen LogP contribution in [0.5, 0.6) is 11.5 Å². The Labute approximate surface area is 235 Å². The summed E-state index contributed by atoms with van der Waals surface area (Å²) in [5.74, 6) is -2.22. The zero-order valence-electron chi connectivity index (χ0n) is 23.6. The van der Waals surface area contributed by atoms with Crippen LogP contribution in [0.1, 0.15) is 82.0 Å². The van der Waals surface area contributed by atoms with E-state index in [1.807, 2.05) is 0 Å². The number of carbonyl (C=O) groups excluding carboxylic acids is 2. The molecule has 2 bridgehead atoms. The molecule has 3 saturated carbocycles. The second kappa shape index (κ2) is 11.1. The molecule has 2 amide bonds. The Morgan fingerprint density at radius 1 is 1.00 bits per heavy atom. The van der Waals surface area contributed by atoms with Crippen LogP contribution in [-0.2, 0) is 9.59 Å².